The van der Waals surface area contributed by atoms with Crippen molar-refractivity contribution in [2.24, 2.45) is 5.73 Å². The average molecular weight is 205 g/mol. The van der Waals surface area contributed by atoms with Gasteiger partial charge in [0.15, 0.2) is 0 Å². The van der Waals surface area contributed by atoms with Crippen LogP contribution in [0.15, 0.2) is 30.3 Å². The van der Waals surface area contributed by atoms with E-state index >= 15 is 0 Å². The maximum absolute atomic E-state index is 5.79. The first-order chi connectivity index (χ1) is 5.70. The highest BCUT2D eigenvalue weighted by molar-refractivity contribution is 6.33. The molecule has 0 radical (unpaired) electrons. The maximum Gasteiger partial charge on any atom is 0.0497 e. The molecule has 2 N–H and O–H groups in total. The summed E-state index contributed by atoms with van der Waals surface area (Å²) in [6.07, 6.45) is 0. The highest BCUT2D eigenvalue weighted by Crippen LogP contribution is 2.13. The van der Waals surface area contributed by atoms with Crippen molar-refractivity contribution >= 4 is 23.6 Å². The first-order valence-corrected chi connectivity index (χ1v) is 4.27. The summed E-state index contributed by atoms with van der Waals surface area (Å²) in [7, 11) is 0. The third-order valence-corrected chi connectivity index (χ3v) is 1.84. The number of rotatable bonds is 3. The zero-order valence-electron chi connectivity index (χ0n) is 6.45. The second kappa shape index (κ2) is 4.67. The minimum atomic E-state index is -0.138. The molecule has 0 aliphatic heterocycles. The minimum Gasteiger partial charge on any atom is -0.323 e. The van der Waals surface area contributed by atoms with Crippen LogP contribution in [0, 0.1) is 0 Å². The molecule has 0 aliphatic carbocycles. The molecule has 0 saturated carbocycles. The van der Waals surface area contributed by atoms with Crippen LogP contribution in [0.5, 0.6) is 0 Å². The van der Waals surface area contributed by atoms with Gasteiger partial charge in [-0.15, -0.1) is 3.94 Å². The predicted molar refractivity (Wildman–Crippen MR) is 51.8 cm³/mol. The second-order valence-corrected chi connectivity index (χ2v) is 3.49. The smallest absolute Gasteiger partial charge is 0.0497 e. The summed E-state index contributed by atoms with van der Waals surface area (Å²) in [5.41, 5.74) is 6.82. The molecule has 0 fully saturated rings. The monoisotopic (exact) mass is 204 g/mol. The van der Waals surface area contributed by atoms with Gasteiger partial charge in [-0.05, 0) is 29.1 Å². The number of halogens is 2. The Morgan fingerprint density at radius 2 is 1.83 bits per heavy atom. The van der Waals surface area contributed by atoms with Crippen LogP contribution < -0.4 is 5.73 Å². The number of nitrogens with zero attached hydrogens (tertiary/aromatic N) is 1. The lowest BCUT2D eigenvalue weighted by Gasteiger charge is -2.12. The van der Waals surface area contributed by atoms with Gasteiger partial charge in [-0.1, -0.05) is 30.3 Å². The van der Waals surface area contributed by atoms with E-state index in [0.29, 0.717) is 6.54 Å². The van der Waals surface area contributed by atoms with Gasteiger partial charge in [-0.3, -0.25) is 0 Å². The van der Waals surface area contributed by atoms with Crippen molar-refractivity contribution in [3.63, 3.8) is 0 Å². The summed E-state index contributed by atoms with van der Waals surface area (Å²) in [4.78, 5) is 0. The zero-order chi connectivity index (χ0) is 8.97. The molecule has 0 aliphatic rings. The molecule has 1 aromatic rings. The molecule has 0 amide bonds. The normalized spacial score (nSPS) is 13.3. The van der Waals surface area contributed by atoms with E-state index in [-0.39, 0.29) is 6.04 Å². The standard InChI is InChI=1S/C8H10Cl2N2/c9-12(10)6-8(11)7-4-2-1-3-5-7/h1-5,8H,6,11H2. The molecule has 0 spiro atoms. The molecule has 1 atom stereocenters. The van der Waals surface area contributed by atoms with Gasteiger partial charge in [0.2, 0.25) is 0 Å². The largest absolute Gasteiger partial charge is 0.323 e. The van der Waals surface area contributed by atoms with Gasteiger partial charge in [0, 0.05) is 12.6 Å². The Bertz CT molecular complexity index is 226. The Morgan fingerprint density at radius 1 is 1.25 bits per heavy atom. The van der Waals surface area contributed by atoms with Crippen LogP contribution >= 0.6 is 23.6 Å². The third kappa shape index (κ3) is 2.99. The Hall–Kier alpha value is -0.280. The fraction of sp³-hybridized carbons (Fsp3) is 0.250. The van der Waals surface area contributed by atoms with Crippen LogP contribution in [0.2, 0.25) is 0 Å². The Labute approximate surface area is 82.1 Å². The third-order valence-electron chi connectivity index (χ3n) is 1.56. The molecule has 1 unspecified atom stereocenters. The van der Waals surface area contributed by atoms with Crippen molar-refractivity contribution in [2.45, 2.75) is 6.04 Å². The number of hydrogen-bond acceptors (Lipinski definition) is 2. The molecule has 0 heterocycles. The van der Waals surface area contributed by atoms with Gasteiger partial charge in [0.05, 0.1) is 0 Å². The Morgan fingerprint density at radius 3 is 2.33 bits per heavy atom. The van der Waals surface area contributed by atoms with Gasteiger partial charge in [0.25, 0.3) is 0 Å². The highest BCUT2D eigenvalue weighted by Gasteiger charge is 2.07. The molecular weight excluding hydrogens is 195 g/mol. The lowest BCUT2D eigenvalue weighted by atomic mass is 10.1. The average Bonchev–Trinajstić information content (AvgIpc) is 2.05. The second-order valence-electron chi connectivity index (χ2n) is 2.50. The first-order valence-electron chi connectivity index (χ1n) is 3.60. The lowest BCUT2D eigenvalue weighted by molar-refractivity contribution is 0.587. The van der Waals surface area contributed by atoms with E-state index in [4.69, 9.17) is 29.3 Å². The summed E-state index contributed by atoms with van der Waals surface area (Å²) in [5.74, 6) is 0. The molecule has 4 heteroatoms. The Balaban J connectivity index is 2.59. The predicted octanol–water partition coefficient (Wildman–Crippen LogP) is 2.30. The van der Waals surface area contributed by atoms with Crippen molar-refractivity contribution in [2.75, 3.05) is 6.54 Å². The van der Waals surface area contributed by atoms with E-state index in [0.717, 1.165) is 9.50 Å². The molecule has 66 valence electrons. The van der Waals surface area contributed by atoms with Gasteiger partial charge < -0.3 is 5.73 Å². The highest BCUT2D eigenvalue weighted by atomic mass is 35.5. The van der Waals surface area contributed by atoms with Crippen molar-refractivity contribution in [1.29, 1.82) is 0 Å². The Kier molecular flexibility index (Phi) is 3.82. The fourth-order valence-electron chi connectivity index (χ4n) is 0.954. The van der Waals surface area contributed by atoms with Crippen molar-refractivity contribution in [3.05, 3.63) is 35.9 Å². The van der Waals surface area contributed by atoms with E-state index in [1.54, 1.807) is 0 Å². The van der Waals surface area contributed by atoms with Gasteiger partial charge >= 0.3 is 0 Å². The molecule has 1 rings (SSSR count). The molecule has 1 aromatic carbocycles. The van der Waals surface area contributed by atoms with E-state index in [9.17, 15) is 0 Å². The molecule has 2 nitrogen and oxygen atoms in total. The van der Waals surface area contributed by atoms with E-state index in [1.807, 2.05) is 30.3 Å². The van der Waals surface area contributed by atoms with E-state index in [1.165, 1.54) is 0 Å². The van der Waals surface area contributed by atoms with E-state index < -0.39 is 0 Å². The summed E-state index contributed by atoms with van der Waals surface area (Å²) in [6.45, 7) is 0.424. The van der Waals surface area contributed by atoms with E-state index in [2.05, 4.69) is 0 Å². The molecular formula is C8H10Cl2N2. The van der Waals surface area contributed by atoms with Crippen LogP contribution in [0.3, 0.4) is 0 Å². The van der Waals surface area contributed by atoms with Crippen LogP contribution in [-0.2, 0) is 0 Å². The minimum absolute atomic E-state index is 0.138. The lowest BCUT2D eigenvalue weighted by Crippen LogP contribution is -2.20. The van der Waals surface area contributed by atoms with Gasteiger partial charge in [0.1, 0.15) is 0 Å². The summed E-state index contributed by atoms with van der Waals surface area (Å²) < 4.78 is 1.04. The first kappa shape index (κ1) is 9.81. The number of benzene rings is 1. The van der Waals surface area contributed by atoms with Crippen molar-refractivity contribution < 1.29 is 0 Å². The summed E-state index contributed by atoms with van der Waals surface area (Å²) in [5, 5.41) is 0. The van der Waals surface area contributed by atoms with Crippen LogP contribution in [0.25, 0.3) is 0 Å². The quantitative estimate of drug-likeness (QED) is 0.767. The van der Waals surface area contributed by atoms with Gasteiger partial charge in [-0.2, -0.15) is 0 Å². The van der Waals surface area contributed by atoms with Crippen molar-refractivity contribution in [1.82, 2.24) is 3.94 Å². The van der Waals surface area contributed by atoms with Crippen LogP contribution in [-0.4, -0.2) is 10.5 Å². The molecule has 0 aromatic heterocycles. The zero-order valence-corrected chi connectivity index (χ0v) is 7.96. The summed E-state index contributed by atoms with van der Waals surface area (Å²) in [6, 6.07) is 9.56. The number of nitrogens with two attached hydrogens (primary N) is 1. The number of hydrogen-bond donors (Lipinski definition) is 1. The molecule has 0 bridgehead atoms. The SMILES string of the molecule is NC(CN(Cl)Cl)c1ccccc1. The molecule has 12 heavy (non-hydrogen) atoms. The van der Waals surface area contributed by atoms with Crippen molar-refractivity contribution in [3.8, 4) is 0 Å². The topological polar surface area (TPSA) is 29.3 Å². The molecule has 0 saturated heterocycles. The summed E-state index contributed by atoms with van der Waals surface area (Å²) >= 11 is 10.9. The van der Waals surface area contributed by atoms with Crippen LogP contribution in [0.4, 0.5) is 0 Å². The van der Waals surface area contributed by atoms with Gasteiger partial charge in [-0.25, -0.2) is 0 Å². The maximum atomic E-state index is 5.79. The fourth-order valence-corrected chi connectivity index (χ4v) is 1.25. The van der Waals surface area contributed by atoms with Crippen LogP contribution in [0.1, 0.15) is 11.6 Å².